The van der Waals surface area contributed by atoms with Gasteiger partial charge in [0.1, 0.15) is 0 Å². The second-order valence-electron chi connectivity index (χ2n) is 4.83. The zero-order chi connectivity index (χ0) is 14.2. The summed E-state index contributed by atoms with van der Waals surface area (Å²) < 4.78 is 27.6. The molecule has 7 nitrogen and oxygen atoms in total. The highest BCUT2D eigenvalue weighted by Crippen LogP contribution is 2.27. The van der Waals surface area contributed by atoms with Gasteiger partial charge in [-0.1, -0.05) is 5.21 Å². The molecule has 1 aliphatic carbocycles. The topological polar surface area (TPSA) is 89.8 Å². The summed E-state index contributed by atoms with van der Waals surface area (Å²) in [5.74, 6) is 0. The summed E-state index contributed by atoms with van der Waals surface area (Å²) in [6.45, 7) is 2.69. The molecule has 2 aromatic rings. The van der Waals surface area contributed by atoms with Crippen LogP contribution >= 0.6 is 11.3 Å². The Bertz CT molecular complexity index is 702. The van der Waals surface area contributed by atoms with Gasteiger partial charge in [-0.15, -0.1) is 16.4 Å². The number of aryl methyl sites for hydroxylation is 1. The van der Waals surface area contributed by atoms with Gasteiger partial charge >= 0.3 is 0 Å². The van der Waals surface area contributed by atoms with E-state index >= 15 is 0 Å². The van der Waals surface area contributed by atoms with E-state index in [1.807, 2.05) is 12.3 Å². The van der Waals surface area contributed by atoms with Crippen LogP contribution in [0.3, 0.4) is 0 Å². The Hall–Kier alpha value is -1.32. The normalized spacial score (nSPS) is 15.7. The molecule has 1 saturated carbocycles. The first-order valence-electron chi connectivity index (χ1n) is 6.31. The fraction of sp³-hybridized carbons (Fsp3) is 0.545. The van der Waals surface area contributed by atoms with Crippen molar-refractivity contribution in [3.63, 3.8) is 0 Å². The molecule has 3 rings (SSSR count). The number of hydrogen-bond donors (Lipinski definition) is 1. The van der Waals surface area contributed by atoms with Crippen molar-refractivity contribution in [2.45, 2.75) is 38.1 Å². The zero-order valence-electron chi connectivity index (χ0n) is 11.0. The number of thiazole rings is 1. The van der Waals surface area contributed by atoms with Gasteiger partial charge in [0.15, 0.2) is 0 Å². The average molecular weight is 313 g/mol. The lowest BCUT2D eigenvalue weighted by Crippen LogP contribution is -2.26. The molecular weight excluding hydrogens is 298 g/mol. The average Bonchev–Trinajstić information content (AvgIpc) is 3.06. The first kappa shape index (κ1) is 13.7. The highest BCUT2D eigenvalue weighted by Gasteiger charge is 2.35. The van der Waals surface area contributed by atoms with Gasteiger partial charge in [-0.25, -0.2) is 22.8 Å². The minimum absolute atomic E-state index is 0.189. The van der Waals surface area contributed by atoms with Crippen molar-refractivity contribution in [3.05, 3.63) is 28.0 Å². The summed E-state index contributed by atoms with van der Waals surface area (Å²) in [7, 11) is -3.17. The standard InChI is InChI=1S/C11H15N5O2S2/c1-8-13-10(7-19-8)6-16-5-9(14-15-16)4-12-20(17,18)11-2-3-11/h5,7,11-12H,2-4,6H2,1H3. The summed E-state index contributed by atoms with van der Waals surface area (Å²) in [6.07, 6.45) is 3.25. The number of hydrogen-bond acceptors (Lipinski definition) is 6. The summed E-state index contributed by atoms with van der Waals surface area (Å²) in [5, 5.41) is 10.7. The highest BCUT2D eigenvalue weighted by molar-refractivity contribution is 7.90. The van der Waals surface area contributed by atoms with E-state index in [1.54, 1.807) is 22.2 Å². The lowest BCUT2D eigenvalue weighted by molar-refractivity contribution is 0.579. The maximum absolute atomic E-state index is 11.7. The molecule has 0 unspecified atom stereocenters. The summed E-state index contributed by atoms with van der Waals surface area (Å²) >= 11 is 1.59. The quantitative estimate of drug-likeness (QED) is 0.846. The molecule has 0 aliphatic heterocycles. The van der Waals surface area contributed by atoms with E-state index in [0.29, 0.717) is 12.2 Å². The first-order valence-corrected chi connectivity index (χ1v) is 8.74. The third kappa shape index (κ3) is 3.22. The van der Waals surface area contributed by atoms with Crippen LogP contribution in [0.15, 0.2) is 11.6 Å². The molecule has 0 saturated heterocycles. The molecule has 2 heterocycles. The van der Waals surface area contributed by atoms with E-state index in [2.05, 4.69) is 20.0 Å². The van der Waals surface area contributed by atoms with Crippen molar-refractivity contribution in [1.29, 1.82) is 0 Å². The molecule has 1 fully saturated rings. The molecule has 0 amide bonds. The maximum Gasteiger partial charge on any atom is 0.214 e. The lowest BCUT2D eigenvalue weighted by Gasteiger charge is -2.01. The van der Waals surface area contributed by atoms with Gasteiger partial charge in [0.25, 0.3) is 0 Å². The van der Waals surface area contributed by atoms with Crippen molar-refractivity contribution in [1.82, 2.24) is 24.7 Å². The van der Waals surface area contributed by atoms with Gasteiger partial charge in [-0.3, -0.25) is 0 Å². The Morgan fingerprint density at radius 2 is 2.25 bits per heavy atom. The van der Waals surface area contributed by atoms with E-state index in [0.717, 1.165) is 23.5 Å². The van der Waals surface area contributed by atoms with E-state index in [-0.39, 0.29) is 11.8 Å². The largest absolute Gasteiger partial charge is 0.246 e. The maximum atomic E-state index is 11.7. The first-order chi connectivity index (χ1) is 9.53. The van der Waals surface area contributed by atoms with Gasteiger partial charge in [-0.05, 0) is 19.8 Å². The summed E-state index contributed by atoms with van der Waals surface area (Å²) in [5.41, 5.74) is 1.55. The second kappa shape index (κ2) is 5.23. The van der Waals surface area contributed by atoms with Gasteiger partial charge in [-0.2, -0.15) is 0 Å². The number of nitrogens with zero attached hydrogens (tertiary/aromatic N) is 4. The number of aromatic nitrogens is 4. The van der Waals surface area contributed by atoms with Crippen molar-refractivity contribution in [2.75, 3.05) is 0 Å². The molecule has 20 heavy (non-hydrogen) atoms. The van der Waals surface area contributed by atoms with Crippen molar-refractivity contribution < 1.29 is 8.42 Å². The van der Waals surface area contributed by atoms with Crippen LogP contribution in [0.25, 0.3) is 0 Å². The Balaban J connectivity index is 1.59. The van der Waals surface area contributed by atoms with E-state index in [4.69, 9.17) is 0 Å². The Morgan fingerprint density at radius 3 is 2.90 bits per heavy atom. The molecule has 0 bridgehead atoms. The predicted molar refractivity (Wildman–Crippen MR) is 74.8 cm³/mol. The molecule has 9 heteroatoms. The van der Waals surface area contributed by atoms with Crippen LogP contribution in [0.1, 0.15) is 29.2 Å². The molecule has 1 N–H and O–H groups in total. The van der Waals surface area contributed by atoms with Gasteiger partial charge in [0, 0.05) is 5.38 Å². The molecule has 1 aliphatic rings. The molecule has 0 aromatic carbocycles. The molecule has 0 radical (unpaired) electrons. The molecule has 2 aromatic heterocycles. The SMILES string of the molecule is Cc1nc(Cn2cc(CNS(=O)(=O)C3CC3)nn2)cs1. The van der Waals surface area contributed by atoms with Gasteiger partial charge in [0.2, 0.25) is 10.0 Å². The lowest BCUT2D eigenvalue weighted by atomic mass is 10.4. The minimum Gasteiger partial charge on any atom is -0.246 e. The Morgan fingerprint density at radius 1 is 1.45 bits per heavy atom. The van der Waals surface area contributed by atoms with Crippen LogP contribution in [-0.4, -0.2) is 33.6 Å². The van der Waals surface area contributed by atoms with Gasteiger partial charge < -0.3 is 0 Å². The van der Waals surface area contributed by atoms with Crippen LogP contribution in [0.5, 0.6) is 0 Å². The molecule has 108 valence electrons. The van der Waals surface area contributed by atoms with E-state index < -0.39 is 10.0 Å². The Labute approximate surface area is 121 Å². The fourth-order valence-corrected chi connectivity index (χ4v) is 3.76. The van der Waals surface area contributed by atoms with Crippen LogP contribution in [0.2, 0.25) is 0 Å². The monoisotopic (exact) mass is 313 g/mol. The van der Waals surface area contributed by atoms with Crippen LogP contribution < -0.4 is 4.72 Å². The third-order valence-corrected chi connectivity index (χ3v) is 5.71. The highest BCUT2D eigenvalue weighted by atomic mass is 32.2. The minimum atomic E-state index is -3.17. The Kier molecular flexibility index (Phi) is 3.57. The zero-order valence-corrected chi connectivity index (χ0v) is 12.6. The summed E-state index contributed by atoms with van der Waals surface area (Å²) in [4.78, 5) is 4.35. The fourth-order valence-electron chi connectivity index (χ4n) is 1.81. The van der Waals surface area contributed by atoms with Crippen molar-refractivity contribution in [3.8, 4) is 0 Å². The third-order valence-electron chi connectivity index (χ3n) is 2.99. The van der Waals surface area contributed by atoms with Crippen LogP contribution in [0, 0.1) is 6.92 Å². The molecular formula is C11H15N5O2S2. The predicted octanol–water partition coefficient (Wildman–Crippen LogP) is 0.673. The van der Waals surface area contributed by atoms with Crippen LogP contribution in [-0.2, 0) is 23.1 Å². The second-order valence-corrected chi connectivity index (χ2v) is 7.94. The number of rotatable bonds is 6. The molecule has 0 spiro atoms. The van der Waals surface area contributed by atoms with Crippen LogP contribution in [0.4, 0.5) is 0 Å². The number of sulfonamides is 1. The smallest absolute Gasteiger partial charge is 0.214 e. The van der Waals surface area contributed by atoms with Gasteiger partial charge in [0.05, 0.1) is 40.9 Å². The van der Waals surface area contributed by atoms with E-state index in [9.17, 15) is 8.42 Å². The molecule has 0 atom stereocenters. The summed E-state index contributed by atoms with van der Waals surface area (Å²) in [6, 6.07) is 0. The van der Waals surface area contributed by atoms with Crippen molar-refractivity contribution >= 4 is 21.4 Å². The van der Waals surface area contributed by atoms with Crippen molar-refractivity contribution in [2.24, 2.45) is 0 Å². The number of nitrogens with one attached hydrogen (secondary N) is 1. The van der Waals surface area contributed by atoms with E-state index in [1.165, 1.54) is 0 Å².